The number of carboxylic acid groups (broad SMARTS) is 1. The van der Waals surface area contributed by atoms with Crippen molar-refractivity contribution >= 4 is 23.3 Å². The summed E-state index contributed by atoms with van der Waals surface area (Å²) in [6.07, 6.45) is 0. The maximum absolute atomic E-state index is 10.7. The van der Waals surface area contributed by atoms with Crippen molar-refractivity contribution < 1.29 is 19.8 Å². The topological polar surface area (TPSA) is 113 Å². The van der Waals surface area contributed by atoms with Crippen LogP contribution in [-0.2, 0) is 4.79 Å². The number of hydrogen-bond acceptors (Lipinski definition) is 4. The number of carboxylic acids is 1. The summed E-state index contributed by atoms with van der Waals surface area (Å²) in [6, 6.07) is 2.18. The zero-order valence-electron chi connectivity index (χ0n) is 7.94. The summed E-state index contributed by atoms with van der Waals surface area (Å²) in [4.78, 5) is 21.3. The van der Waals surface area contributed by atoms with Gasteiger partial charge < -0.3 is 21.3 Å². The largest absolute Gasteiger partial charge is 0.506 e. The fourth-order valence-corrected chi connectivity index (χ4v) is 1.08. The Morgan fingerprint density at radius 3 is 2.40 bits per heavy atom. The molecule has 0 atom stereocenters. The molecule has 15 heavy (non-hydrogen) atoms. The van der Waals surface area contributed by atoms with E-state index in [0.717, 1.165) is 12.1 Å². The van der Waals surface area contributed by atoms with Gasteiger partial charge in [-0.2, -0.15) is 0 Å². The van der Waals surface area contributed by atoms with Gasteiger partial charge in [0.05, 0.1) is 11.3 Å². The van der Waals surface area contributed by atoms with Crippen LogP contribution in [-0.4, -0.2) is 22.1 Å². The Morgan fingerprint density at radius 2 is 2.00 bits per heavy atom. The quantitative estimate of drug-likeness (QED) is 0.422. The van der Waals surface area contributed by atoms with Crippen LogP contribution in [0.1, 0.15) is 17.3 Å². The van der Waals surface area contributed by atoms with Crippen molar-refractivity contribution in [3.8, 4) is 5.75 Å². The first kappa shape index (κ1) is 10.8. The van der Waals surface area contributed by atoms with Gasteiger partial charge in [0, 0.05) is 6.92 Å². The van der Waals surface area contributed by atoms with Crippen molar-refractivity contribution in [3.63, 3.8) is 0 Å². The van der Waals surface area contributed by atoms with Crippen LogP contribution < -0.4 is 11.1 Å². The molecule has 0 saturated carbocycles. The van der Waals surface area contributed by atoms with Gasteiger partial charge in [-0.05, 0) is 12.1 Å². The van der Waals surface area contributed by atoms with Gasteiger partial charge >= 0.3 is 5.97 Å². The van der Waals surface area contributed by atoms with E-state index in [-0.39, 0.29) is 22.7 Å². The number of benzene rings is 1. The highest BCUT2D eigenvalue weighted by Gasteiger charge is 2.12. The van der Waals surface area contributed by atoms with E-state index < -0.39 is 11.9 Å². The summed E-state index contributed by atoms with van der Waals surface area (Å²) in [7, 11) is 0. The number of rotatable bonds is 2. The highest BCUT2D eigenvalue weighted by atomic mass is 16.4. The van der Waals surface area contributed by atoms with E-state index in [1.807, 2.05) is 0 Å². The van der Waals surface area contributed by atoms with Crippen molar-refractivity contribution in [2.45, 2.75) is 6.92 Å². The molecule has 1 aromatic rings. The zero-order chi connectivity index (χ0) is 11.6. The first-order chi connectivity index (χ1) is 6.91. The average molecular weight is 210 g/mol. The molecule has 1 rings (SSSR count). The molecule has 0 unspecified atom stereocenters. The van der Waals surface area contributed by atoms with Crippen molar-refractivity contribution in [2.75, 3.05) is 11.1 Å². The molecular weight excluding hydrogens is 200 g/mol. The predicted molar refractivity (Wildman–Crippen MR) is 53.8 cm³/mol. The van der Waals surface area contributed by atoms with Crippen molar-refractivity contribution in [2.24, 2.45) is 0 Å². The van der Waals surface area contributed by atoms with Gasteiger partial charge in [0.15, 0.2) is 0 Å². The maximum atomic E-state index is 10.7. The number of aromatic hydroxyl groups is 1. The van der Waals surface area contributed by atoms with Crippen molar-refractivity contribution in [3.05, 3.63) is 17.7 Å². The molecule has 1 amide bonds. The predicted octanol–water partition coefficient (Wildman–Crippen LogP) is 0.631. The number of amides is 1. The maximum Gasteiger partial charge on any atom is 0.335 e. The number of carbonyl (C=O) groups is 2. The van der Waals surface area contributed by atoms with Crippen LogP contribution in [0, 0.1) is 0 Å². The van der Waals surface area contributed by atoms with Gasteiger partial charge in [-0.3, -0.25) is 4.79 Å². The molecule has 5 N–H and O–H groups in total. The third-order valence-corrected chi connectivity index (χ3v) is 1.70. The van der Waals surface area contributed by atoms with Gasteiger partial charge in [-0.15, -0.1) is 0 Å². The van der Waals surface area contributed by atoms with Crippen LogP contribution in [0.15, 0.2) is 12.1 Å². The Labute approximate surface area is 85.3 Å². The molecule has 0 aliphatic rings. The van der Waals surface area contributed by atoms with Crippen LogP contribution >= 0.6 is 0 Å². The fourth-order valence-electron chi connectivity index (χ4n) is 1.08. The number of hydrogen-bond donors (Lipinski definition) is 4. The van der Waals surface area contributed by atoms with Gasteiger partial charge in [0.25, 0.3) is 0 Å². The lowest BCUT2D eigenvalue weighted by atomic mass is 10.1. The second-order valence-electron chi connectivity index (χ2n) is 2.95. The molecule has 0 bridgehead atoms. The number of nitrogens with two attached hydrogens (primary N) is 1. The van der Waals surface area contributed by atoms with Gasteiger partial charge in [-0.25, -0.2) is 4.79 Å². The minimum absolute atomic E-state index is 0.00241. The Balaban J connectivity index is 3.21. The van der Waals surface area contributed by atoms with Gasteiger partial charge in [0.1, 0.15) is 11.4 Å². The molecule has 0 radical (unpaired) electrons. The molecule has 0 saturated heterocycles. The third-order valence-electron chi connectivity index (χ3n) is 1.70. The SMILES string of the molecule is CC(=O)Nc1c(N)cc(C(=O)O)cc1O. The van der Waals surface area contributed by atoms with Crippen LogP contribution in [0.3, 0.4) is 0 Å². The number of nitrogen functional groups attached to an aromatic ring is 1. The molecule has 6 nitrogen and oxygen atoms in total. The summed E-state index contributed by atoms with van der Waals surface area (Å²) in [5, 5.41) is 20.4. The second kappa shape index (κ2) is 3.87. The average Bonchev–Trinajstić information content (AvgIpc) is 2.10. The molecule has 0 fully saturated rings. The van der Waals surface area contributed by atoms with E-state index in [9.17, 15) is 14.7 Å². The number of phenols is 1. The third kappa shape index (κ3) is 2.37. The zero-order valence-corrected chi connectivity index (χ0v) is 7.94. The number of phenolic OH excluding ortho intramolecular Hbond substituents is 1. The number of carbonyl (C=O) groups excluding carboxylic acids is 1. The minimum atomic E-state index is -1.20. The van der Waals surface area contributed by atoms with E-state index in [1.165, 1.54) is 6.92 Å². The minimum Gasteiger partial charge on any atom is -0.506 e. The Bertz CT molecular complexity index is 405. The van der Waals surface area contributed by atoms with Crippen LogP contribution in [0.2, 0.25) is 0 Å². The second-order valence-corrected chi connectivity index (χ2v) is 2.95. The molecule has 0 spiro atoms. The van der Waals surface area contributed by atoms with Gasteiger partial charge in [-0.1, -0.05) is 0 Å². The number of aromatic carboxylic acids is 1. The highest BCUT2D eigenvalue weighted by Crippen LogP contribution is 2.31. The molecular formula is C9H10N2O4. The van der Waals surface area contributed by atoms with E-state index in [2.05, 4.69) is 5.32 Å². The normalized spacial score (nSPS) is 9.67. The molecule has 6 heteroatoms. The first-order valence-electron chi connectivity index (χ1n) is 4.05. The summed E-state index contributed by atoms with van der Waals surface area (Å²) < 4.78 is 0. The van der Waals surface area contributed by atoms with Crippen molar-refractivity contribution in [1.82, 2.24) is 0 Å². The highest BCUT2D eigenvalue weighted by molar-refractivity contribution is 5.97. The van der Waals surface area contributed by atoms with Crippen LogP contribution in [0.4, 0.5) is 11.4 Å². The fraction of sp³-hybridized carbons (Fsp3) is 0.111. The van der Waals surface area contributed by atoms with E-state index >= 15 is 0 Å². The molecule has 0 aromatic heterocycles. The first-order valence-corrected chi connectivity index (χ1v) is 4.05. The summed E-state index contributed by atoms with van der Waals surface area (Å²) in [5.74, 6) is -1.98. The standard InChI is InChI=1S/C9H10N2O4/c1-4(12)11-8-6(10)2-5(9(14)15)3-7(8)13/h2-3,13H,10H2,1H3,(H,11,12)(H,14,15). The molecule has 1 aromatic carbocycles. The number of anilines is 2. The van der Waals surface area contributed by atoms with Crippen molar-refractivity contribution in [1.29, 1.82) is 0 Å². The van der Waals surface area contributed by atoms with E-state index in [4.69, 9.17) is 10.8 Å². The Morgan fingerprint density at radius 1 is 1.40 bits per heavy atom. The van der Waals surface area contributed by atoms with Crippen LogP contribution in [0.5, 0.6) is 5.75 Å². The molecule has 80 valence electrons. The summed E-state index contributed by atoms with van der Waals surface area (Å²) in [6.45, 7) is 1.25. The monoisotopic (exact) mass is 210 g/mol. The lowest BCUT2D eigenvalue weighted by Gasteiger charge is -2.09. The lowest BCUT2D eigenvalue weighted by Crippen LogP contribution is -2.09. The molecule has 0 heterocycles. The van der Waals surface area contributed by atoms with Crippen LogP contribution in [0.25, 0.3) is 0 Å². The smallest absolute Gasteiger partial charge is 0.335 e. The summed E-state index contributed by atoms with van der Waals surface area (Å²) in [5.41, 5.74) is 5.35. The summed E-state index contributed by atoms with van der Waals surface area (Å²) >= 11 is 0. The van der Waals surface area contributed by atoms with E-state index in [0.29, 0.717) is 0 Å². The number of nitrogens with one attached hydrogen (secondary N) is 1. The molecule has 0 aliphatic heterocycles. The lowest BCUT2D eigenvalue weighted by molar-refractivity contribution is -0.114. The van der Waals surface area contributed by atoms with E-state index in [1.54, 1.807) is 0 Å². The molecule has 0 aliphatic carbocycles. The Kier molecular flexibility index (Phi) is 2.80. The van der Waals surface area contributed by atoms with Gasteiger partial charge in [0.2, 0.25) is 5.91 Å². The Hall–Kier alpha value is -2.24.